The summed E-state index contributed by atoms with van der Waals surface area (Å²) in [5.74, 6) is 0.160. The van der Waals surface area contributed by atoms with Gasteiger partial charge in [0.05, 0.1) is 6.10 Å². The van der Waals surface area contributed by atoms with Crippen LogP contribution in [-0.4, -0.2) is 12.6 Å². The van der Waals surface area contributed by atoms with E-state index in [1.54, 1.807) is 12.1 Å². The van der Waals surface area contributed by atoms with Crippen molar-refractivity contribution < 1.29 is 9.13 Å². The highest BCUT2D eigenvalue weighted by Crippen LogP contribution is 2.27. The van der Waals surface area contributed by atoms with E-state index in [1.165, 1.54) is 12.8 Å². The lowest BCUT2D eigenvalue weighted by Crippen LogP contribution is -2.19. The van der Waals surface area contributed by atoms with E-state index in [9.17, 15) is 4.39 Å². The number of halogens is 1. The average Bonchev–Trinajstić information content (AvgIpc) is 2.91. The van der Waals surface area contributed by atoms with Gasteiger partial charge in [0.15, 0.2) is 11.6 Å². The van der Waals surface area contributed by atoms with Crippen LogP contribution >= 0.6 is 0 Å². The summed E-state index contributed by atoms with van der Waals surface area (Å²) in [5.41, 5.74) is 0.977. The molecule has 1 N–H and O–H groups in total. The van der Waals surface area contributed by atoms with Gasteiger partial charge in [0.1, 0.15) is 0 Å². The molecule has 1 unspecified atom stereocenters. The molecule has 0 radical (unpaired) electrons. The minimum absolute atomic E-state index is 0.176. The van der Waals surface area contributed by atoms with Crippen molar-refractivity contribution in [2.24, 2.45) is 0 Å². The van der Waals surface area contributed by atoms with Gasteiger partial charge in [-0.25, -0.2) is 4.39 Å². The molecule has 0 spiro atoms. The first-order chi connectivity index (χ1) is 9.20. The second kappa shape index (κ2) is 6.90. The molecule has 3 heteroatoms. The van der Waals surface area contributed by atoms with Gasteiger partial charge in [0, 0.05) is 6.04 Å². The maximum absolute atomic E-state index is 14.0. The number of hydrogen-bond acceptors (Lipinski definition) is 2. The summed E-state index contributed by atoms with van der Waals surface area (Å²) >= 11 is 0. The van der Waals surface area contributed by atoms with Crippen LogP contribution in [0.3, 0.4) is 0 Å². The first-order valence-corrected chi connectivity index (χ1v) is 7.40. The second-order valence-electron chi connectivity index (χ2n) is 5.39. The van der Waals surface area contributed by atoms with E-state index in [-0.39, 0.29) is 18.0 Å². The van der Waals surface area contributed by atoms with E-state index in [0.717, 1.165) is 31.4 Å². The quantitative estimate of drug-likeness (QED) is 0.832. The molecule has 1 fully saturated rings. The predicted octanol–water partition coefficient (Wildman–Crippen LogP) is 4.21. The molecular formula is C16H24FNO. The summed E-state index contributed by atoms with van der Waals surface area (Å²) in [6, 6.07) is 5.50. The first-order valence-electron chi connectivity index (χ1n) is 7.40. The van der Waals surface area contributed by atoms with Crippen LogP contribution in [0.5, 0.6) is 5.75 Å². The van der Waals surface area contributed by atoms with E-state index in [1.807, 2.05) is 6.07 Å². The van der Waals surface area contributed by atoms with Gasteiger partial charge in [-0.05, 0) is 63.3 Å². The molecule has 106 valence electrons. The molecule has 2 nitrogen and oxygen atoms in total. The Morgan fingerprint density at radius 1 is 1.37 bits per heavy atom. The Balaban J connectivity index is 1.99. The van der Waals surface area contributed by atoms with Crippen LogP contribution < -0.4 is 10.1 Å². The van der Waals surface area contributed by atoms with Gasteiger partial charge < -0.3 is 10.1 Å². The summed E-state index contributed by atoms with van der Waals surface area (Å²) in [7, 11) is 0. The Labute approximate surface area is 115 Å². The van der Waals surface area contributed by atoms with E-state index >= 15 is 0 Å². The monoisotopic (exact) mass is 265 g/mol. The number of benzene rings is 1. The fourth-order valence-corrected chi connectivity index (χ4v) is 2.55. The van der Waals surface area contributed by atoms with Crippen LogP contribution in [0.4, 0.5) is 4.39 Å². The van der Waals surface area contributed by atoms with Gasteiger partial charge in [-0.3, -0.25) is 0 Å². The van der Waals surface area contributed by atoms with Gasteiger partial charge in [-0.15, -0.1) is 0 Å². The Kier molecular flexibility index (Phi) is 5.20. The third-order valence-electron chi connectivity index (χ3n) is 3.75. The highest BCUT2D eigenvalue weighted by molar-refractivity contribution is 5.31. The molecule has 0 aromatic heterocycles. The fraction of sp³-hybridized carbons (Fsp3) is 0.625. The van der Waals surface area contributed by atoms with Crippen molar-refractivity contribution in [1.82, 2.24) is 5.32 Å². The van der Waals surface area contributed by atoms with Gasteiger partial charge in [-0.1, -0.05) is 13.0 Å². The summed E-state index contributed by atoms with van der Waals surface area (Å²) in [6.07, 6.45) is 5.78. The SMILES string of the molecule is CCCNC(C)c1ccc(OC2CCCC2)c(F)c1. The molecule has 0 amide bonds. The summed E-state index contributed by atoms with van der Waals surface area (Å²) in [5, 5.41) is 3.36. The van der Waals surface area contributed by atoms with Crippen LogP contribution in [0.2, 0.25) is 0 Å². The van der Waals surface area contributed by atoms with Crippen LogP contribution in [0.15, 0.2) is 18.2 Å². The largest absolute Gasteiger partial charge is 0.487 e. The van der Waals surface area contributed by atoms with Crippen LogP contribution in [0.1, 0.15) is 57.6 Å². The number of hydrogen-bond donors (Lipinski definition) is 1. The Morgan fingerprint density at radius 3 is 2.74 bits per heavy atom. The van der Waals surface area contributed by atoms with Crippen LogP contribution in [-0.2, 0) is 0 Å². The summed E-state index contributed by atoms with van der Waals surface area (Å²) in [4.78, 5) is 0. The average molecular weight is 265 g/mol. The molecule has 1 aromatic carbocycles. The maximum atomic E-state index is 14.0. The zero-order valence-corrected chi connectivity index (χ0v) is 11.9. The third kappa shape index (κ3) is 3.93. The fourth-order valence-electron chi connectivity index (χ4n) is 2.55. The van der Waals surface area contributed by atoms with Crippen LogP contribution in [0, 0.1) is 5.82 Å². The van der Waals surface area contributed by atoms with Crippen molar-refractivity contribution in [2.75, 3.05) is 6.54 Å². The van der Waals surface area contributed by atoms with Crippen molar-refractivity contribution in [3.8, 4) is 5.75 Å². The minimum atomic E-state index is -0.241. The lowest BCUT2D eigenvalue weighted by molar-refractivity contribution is 0.200. The number of nitrogens with one attached hydrogen (secondary N) is 1. The third-order valence-corrected chi connectivity index (χ3v) is 3.75. The Morgan fingerprint density at radius 2 is 2.11 bits per heavy atom. The second-order valence-corrected chi connectivity index (χ2v) is 5.39. The van der Waals surface area contributed by atoms with E-state index in [4.69, 9.17) is 4.74 Å². The van der Waals surface area contributed by atoms with Gasteiger partial charge in [0.2, 0.25) is 0 Å². The summed E-state index contributed by atoms with van der Waals surface area (Å²) in [6.45, 7) is 5.13. The van der Waals surface area contributed by atoms with E-state index in [2.05, 4.69) is 19.2 Å². The Bertz CT molecular complexity index is 402. The molecule has 1 saturated carbocycles. The van der Waals surface area contributed by atoms with Crippen molar-refractivity contribution in [3.05, 3.63) is 29.6 Å². The lowest BCUT2D eigenvalue weighted by Gasteiger charge is -2.17. The zero-order chi connectivity index (χ0) is 13.7. The highest BCUT2D eigenvalue weighted by Gasteiger charge is 2.18. The van der Waals surface area contributed by atoms with Gasteiger partial charge in [-0.2, -0.15) is 0 Å². The topological polar surface area (TPSA) is 21.3 Å². The molecule has 1 aliphatic rings. The van der Waals surface area contributed by atoms with Gasteiger partial charge in [0.25, 0.3) is 0 Å². The van der Waals surface area contributed by atoms with Crippen molar-refractivity contribution in [3.63, 3.8) is 0 Å². The van der Waals surface area contributed by atoms with E-state index in [0.29, 0.717) is 5.75 Å². The number of ether oxygens (including phenoxy) is 1. The summed E-state index contributed by atoms with van der Waals surface area (Å²) < 4.78 is 19.8. The molecule has 0 bridgehead atoms. The Hall–Kier alpha value is -1.09. The zero-order valence-electron chi connectivity index (χ0n) is 11.9. The lowest BCUT2D eigenvalue weighted by atomic mass is 10.1. The molecular weight excluding hydrogens is 241 g/mol. The minimum Gasteiger partial charge on any atom is -0.487 e. The smallest absolute Gasteiger partial charge is 0.165 e. The normalized spacial score (nSPS) is 17.6. The molecule has 1 aliphatic carbocycles. The van der Waals surface area contributed by atoms with Crippen molar-refractivity contribution in [2.45, 2.75) is 58.1 Å². The molecule has 0 heterocycles. The van der Waals surface area contributed by atoms with Crippen molar-refractivity contribution in [1.29, 1.82) is 0 Å². The molecule has 19 heavy (non-hydrogen) atoms. The van der Waals surface area contributed by atoms with Crippen LogP contribution in [0.25, 0.3) is 0 Å². The molecule has 0 aliphatic heterocycles. The first kappa shape index (κ1) is 14.3. The molecule has 2 rings (SSSR count). The van der Waals surface area contributed by atoms with E-state index < -0.39 is 0 Å². The molecule has 1 atom stereocenters. The standard InChI is InChI=1S/C16H24FNO/c1-3-10-18-12(2)13-8-9-16(15(17)11-13)19-14-6-4-5-7-14/h8-9,11-12,14,18H,3-7,10H2,1-2H3. The maximum Gasteiger partial charge on any atom is 0.165 e. The molecule has 1 aromatic rings. The highest BCUT2D eigenvalue weighted by atomic mass is 19.1. The predicted molar refractivity (Wildman–Crippen MR) is 76.0 cm³/mol. The number of rotatable bonds is 6. The van der Waals surface area contributed by atoms with Crippen molar-refractivity contribution >= 4 is 0 Å². The van der Waals surface area contributed by atoms with Gasteiger partial charge >= 0.3 is 0 Å². The molecule has 0 saturated heterocycles.